The van der Waals surface area contributed by atoms with Crippen LogP contribution in [0.5, 0.6) is 11.6 Å². The molecule has 1 rings (SSSR count). The zero-order valence-corrected chi connectivity index (χ0v) is 8.81. The van der Waals surface area contributed by atoms with Crippen LogP contribution in [-0.4, -0.2) is 18.5 Å². The van der Waals surface area contributed by atoms with Crippen molar-refractivity contribution in [3.8, 4) is 11.6 Å². The van der Waals surface area contributed by atoms with E-state index in [4.69, 9.17) is 0 Å². The van der Waals surface area contributed by atoms with Crippen LogP contribution in [0.4, 0.5) is 22.0 Å². The number of rotatable bonds is 3. The summed E-state index contributed by atoms with van der Waals surface area (Å²) < 4.78 is 69.3. The number of pyridine rings is 1. The van der Waals surface area contributed by atoms with Gasteiger partial charge in [-0.15, -0.1) is 13.2 Å². The van der Waals surface area contributed by atoms with Crippen LogP contribution in [-0.2, 0) is 0 Å². The van der Waals surface area contributed by atoms with Gasteiger partial charge in [-0.25, -0.2) is 13.8 Å². The summed E-state index contributed by atoms with van der Waals surface area (Å²) in [6, 6.07) is 0. The molecule has 0 spiro atoms. The summed E-state index contributed by atoms with van der Waals surface area (Å²) in [6.07, 6.45) is -7.61. The average molecular weight is 257 g/mol. The fourth-order valence-corrected chi connectivity index (χ4v) is 1.27. The Morgan fingerprint density at radius 2 is 1.88 bits per heavy atom. The minimum Gasteiger partial charge on any atom is -0.481 e. The van der Waals surface area contributed by atoms with Crippen molar-refractivity contribution >= 4 is 0 Å². The second-order valence-electron chi connectivity index (χ2n) is 3.02. The van der Waals surface area contributed by atoms with Crippen LogP contribution in [0.3, 0.4) is 0 Å². The Morgan fingerprint density at radius 3 is 2.29 bits per heavy atom. The highest BCUT2D eigenvalue weighted by molar-refractivity contribution is 5.43. The lowest BCUT2D eigenvalue weighted by atomic mass is 10.1. The smallest absolute Gasteiger partial charge is 0.481 e. The van der Waals surface area contributed by atoms with Crippen molar-refractivity contribution in [2.24, 2.45) is 0 Å². The first kappa shape index (κ1) is 13.5. The summed E-state index contributed by atoms with van der Waals surface area (Å²) in [5.41, 5.74) is -1.07. The van der Waals surface area contributed by atoms with Gasteiger partial charge in [-0.2, -0.15) is 0 Å². The van der Waals surface area contributed by atoms with Crippen molar-refractivity contribution in [1.82, 2.24) is 4.98 Å². The minimum absolute atomic E-state index is 0.171. The van der Waals surface area contributed by atoms with Gasteiger partial charge in [-0.3, -0.25) is 0 Å². The molecule has 0 radical (unpaired) electrons. The average Bonchev–Trinajstić information content (AvgIpc) is 2.14. The lowest BCUT2D eigenvalue weighted by Crippen LogP contribution is -2.19. The van der Waals surface area contributed by atoms with Crippen molar-refractivity contribution < 1.29 is 31.4 Å². The molecule has 1 aromatic rings. The second-order valence-corrected chi connectivity index (χ2v) is 3.02. The third kappa shape index (κ3) is 3.18. The van der Waals surface area contributed by atoms with Crippen LogP contribution in [0.15, 0.2) is 6.20 Å². The molecule has 8 heteroatoms. The van der Waals surface area contributed by atoms with Gasteiger partial charge in [0.15, 0.2) is 5.75 Å². The Hall–Kier alpha value is -1.60. The Labute approximate surface area is 93.2 Å². The van der Waals surface area contributed by atoms with E-state index in [0.717, 1.165) is 0 Å². The fraction of sp³-hybridized carbons (Fsp3) is 0.444. The predicted molar refractivity (Wildman–Crippen MR) is 47.2 cm³/mol. The molecule has 0 amide bonds. The lowest BCUT2D eigenvalue weighted by Gasteiger charge is -2.15. The van der Waals surface area contributed by atoms with E-state index in [9.17, 15) is 22.0 Å². The number of nitrogens with zero attached hydrogens (tertiary/aromatic N) is 1. The van der Waals surface area contributed by atoms with E-state index in [1.165, 1.54) is 14.0 Å². The molecule has 0 atom stereocenters. The van der Waals surface area contributed by atoms with Crippen molar-refractivity contribution in [2.45, 2.75) is 19.7 Å². The van der Waals surface area contributed by atoms with Gasteiger partial charge in [0.05, 0.1) is 18.9 Å². The third-order valence-corrected chi connectivity index (χ3v) is 1.93. The third-order valence-electron chi connectivity index (χ3n) is 1.93. The number of alkyl halides is 5. The van der Waals surface area contributed by atoms with Crippen molar-refractivity contribution in [2.75, 3.05) is 7.11 Å². The largest absolute Gasteiger partial charge is 0.573 e. The number of halogens is 5. The molecular weight excluding hydrogens is 249 g/mol. The van der Waals surface area contributed by atoms with Crippen LogP contribution in [0, 0.1) is 6.92 Å². The van der Waals surface area contributed by atoms with Crippen molar-refractivity contribution in [3.05, 3.63) is 17.3 Å². The van der Waals surface area contributed by atoms with Crippen LogP contribution >= 0.6 is 0 Å². The number of hydrogen-bond donors (Lipinski definition) is 0. The van der Waals surface area contributed by atoms with Crippen molar-refractivity contribution in [1.29, 1.82) is 0 Å². The molecule has 1 heterocycles. The van der Waals surface area contributed by atoms with Gasteiger partial charge in [0.1, 0.15) is 0 Å². The number of methoxy groups -OCH3 is 1. The number of ether oxygens (including phenoxy) is 2. The molecule has 3 nitrogen and oxygen atoms in total. The standard InChI is InChI=1S/C9H8F5NO2/c1-4-6(7(10)11)5(17-9(12,13)14)3-15-8(4)16-2/h3,7H,1-2H3. The summed E-state index contributed by atoms with van der Waals surface area (Å²) >= 11 is 0. The molecule has 0 aliphatic rings. The van der Waals surface area contributed by atoms with E-state index in [-0.39, 0.29) is 11.4 Å². The van der Waals surface area contributed by atoms with Gasteiger partial charge in [0, 0.05) is 5.56 Å². The van der Waals surface area contributed by atoms with Gasteiger partial charge in [0.25, 0.3) is 6.43 Å². The molecule has 0 unspecified atom stereocenters. The van der Waals surface area contributed by atoms with Gasteiger partial charge in [0.2, 0.25) is 5.88 Å². The molecule has 0 aliphatic carbocycles. The Kier molecular flexibility index (Phi) is 3.74. The molecule has 0 aromatic carbocycles. The first-order valence-corrected chi connectivity index (χ1v) is 4.33. The van der Waals surface area contributed by atoms with E-state index in [1.54, 1.807) is 0 Å². The first-order valence-electron chi connectivity index (χ1n) is 4.33. The van der Waals surface area contributed by atoms with E-state index in [1.807, 2.05) is 0 Å². The molecule has 1 aromatic heterocycles. The maximum atomic E-state index is 12.6. The van der Waals surface area contributed by atoms with Crippen LogP contribution in [0.1, 0.15) is 17.6 Å². The van der Waals surface area contributed by atoms with Gasteiger partial charge < -0.3 is 9.47 Å². The van der Waals surface area contributed by atoms with Crippen molar-refractivity contribution in [3.63, 3.8) is 0 Å². The highest BCUT2D eigenvalue weighted by Gasteiger charge is 2.34. The summed E-state index contributed by atoms with van der Waals surface area (Å²) in [7, 11) is 1.18. The predicted octanol–water partition coefficient (Wildman–Crippen LogP) is 3.23. The topological polar surface area (TPSA) is 31.4 Å². The van der Waals surface area contributed by atoms with Crippen LogP contribution in [0.25, 0.3) is 0 Å². The minimum atomic E-state index is -5.05. The zero-order chi connectivity index (χ0) is 13.2. The number of hydrogen-bond acceptors (Lipinski definition) is 3. The highest BCUT2D eigenvalue weighted by atomic mass is 19.4. The number of aromatic nitrogens is 1. The normalized spacial score (nSPS) is 11.8. The molecular formula is C9H8F5NO2. The molecule has 0 saturated heterocycles. The molecule has 0 saturated carbocycles. The summed E-state index contributed by atoms with van der Waals surface area (Å²) in [6.45, 7) is 1.18. The molecule has 0 fully saturated rings. The maximum Gasteiger partial charge on any atom is 0.573 e. The summed E-state index contributed by atoms with van der Waals surface area (Å²) in [5.74, 6) is -1.19. The second kappa shape index (κ2) is 4.72. The highest BCUT2D eigenvalue weighted by Crippen LogP contribution is 2.37. The van der Waals surface area contributed by atoms with Gasteiger partial charge in [-0.05, 0) is 6.92 Å². The molecule has 0 bridgehead atoms. The Morgan fingerprint density at radius 1 is 1.29 bits per heavy atom. The summed E-state index contributed by atoms with van der Waals surface area (Å²) in [5, 5.41) is 0. The fourth-order valence-electron chi connectivity index (χ4n) is 1.27. The van der Waals surface area contributed by atoms with E-state index < -0.39 is 24.1 Å². The summed E-state index contributed by atoms with van der Waals surface area (Å²) in [4.78, 5) is 3.44. The molecule has 17 heavy (non-hydrogen) atoms. The SMILES string of the molecule is COc1ncc(OC(F)(F)F)c(C(F)F)c1C. The maximum absolute atomic E-state index is 12.6. The lowest BCUT2D eigenvalue weighted by molar-refractivity contribution is -0.275. The molecule has 0 aliphatic heterocycles. The molecule has 0 N–H and O–H groups in total. The monoisotopic (exact) mass is 257 g/mol. The molecule has 96 valence electrons. The van der Waals surface area contributed by atoms with Crippen LogP contribution < -0.4 is 9.47 Å². The first-order chi connectivity index (χ1) is 7.76. The van der Waals surface area contributed by atoms with E-state index in [0.29, 0.717) is 6.20 Å². The zero-order valence-electron chi connectivity index (χ0n) is 8.81. The Bertz CT molecular complexity index is 405. The van der Waals surface area contributed by atoms with E-state index in [2.05, 4.69) is 14.5 Å². The Balaban J connectivity index is 3.27. The van der Waals surface area contributed by atoms with Crippen LogP contribution in [0.2, 0.25) is 0 Å². The van der Waals surface area contributed by atoms with Gasteiger partial charge >= 0.3 is 6.36 Å². The van der Waals surface area contributed by atoms with E-state index >= 15 is 0 Å². The van der Waals surface area contributed by atoms with Gasteiger partial charge in [-0.1, -0.05) is 0 Å². The quantitative estimate of drug-likeness (QED) is 0.779.